The van der Waals surface area contributed by atoms with E-state index in [0.29, 0.717) is 0 Å². The molecule has 3 N–H and O–H groups in total. The minimum atomic E-state index is 0.101. The summed E-state index contributed by atoms with van der Waals surface area (Å²) in [5.74, 6) is 0.101. The summed E-state index contributed by atoms with van der Waals surface area (Å²) in [6.07, 6.45) is 0. The summed E-state index contributed by atoms with van der Waals surface area (Å²) in [6.45, 7) is 0. The van der Waals surface area contributed by atoms with Crippen molar-refractivity contribution in [2.24, 2.45) is 5.73 Å². The highest BCUT2D eigenvalue weighted by molar-refractivity contribution is 9.10. The average molecular weight is 307 g/mol. The molecule has 0 aliphatic carbocycles. The van der Waals surface area contributed by atoms with Crippen LogP contribution in [0.5, 0.6) is 0 Å². The lowest BCUT2D eigenvalue weighted by Crippen LogP contribution is -2.10. The van der Waals surface area contributed by atoms with Crippen molar-refractivity contribution in [1.29, 1.82) is 5.41 Å². The van der Waals surface area contributed by atoms with E-state index in [1.807, 2.05) is 36.4 Å². The van der Waals surface area contributed by atoms with Gasteiger partial charge in [-0.05, 0) is 30.3 Å². The molecular weight excluding hydrogens is 296 g/mol. The molecule has 0 fully saturated rings. The Morgan fingerprint density at radius 3 is 2.35 bits per heavy atom. The molecule has 0 radical (unpaired) electrons. The lowest BCUT2D eigenvalue weighted by molar-refractivity contribution is 1.37. The first-order chi connectivity index (χ1) is 8.15. The Morgan fingerprint density at radius 2 is 1.76 bits per heavy atom. The van der Waals surface area contributed by atoms with E-state index in [0.717, 1.165) is 14.9 Å². The summed E-state index contributed by atoms with van der Waals surface area (Å²) in [4.78, 5) is 2.31. The predicted molar refractivity (Wildman–Crippen MR) is 75.7 cm³/mol. The van der Waals surface area contributed by atoms with Crippen LogP contribution in [0, 0.1) is 5.41 Å². The molecule has 0 saturated carbocycles. The van der Waals surface area contributed by atoms with Crippen LogP contribution >= 0.6 is 27.7 Å². The van der Waals surface area contributed by atoms with Crippen LogP contribution in [0.1, 0.15) is 5.56 Å². The Morgan fingerprint density at radius 1 is 1.06 bits per heavy atom. The minimum absolute atomic E-state index is 0.101. The van der Waals surface area contributed by atoms with Gasteiger partial charge in [-0.25, -0.2) is 0 Å². The standard InChI is InChI=1S/C13H11BrN2S/c14-10-2-1-3-12(8-10)17-11-6-4-9(5-7-11)13(15)16/h1-8H,(H3,15,16). The third-order valence-electron chi connectivity index (χ3n) is 2.20. The van der Waals surface area contributed by atoms with Crippen LogP contribution in [0.4, 0.5) is 0 Å². The first kappa shape index (κ1) is 12.2. The van der Waals surface area contributed by atoms with Crippen molar-refractivity contribution in [2.75, 3.05) is 0 Å². The molecule has 0 saturated heterocycles. The first-order valence-electron chi connectivity index (χ1n) is 5.03. The van der Waals surface area contributed by atoms with Crippen molar-refractivity contribution in [3.8, 4) is 0 Å². The van der Waals surface area contributed by atoms with E-state index in [1.165, 1.54) is 4.90 Å². The molecule has 0 spiro atoms. The van der Waals surface area contributed by atoms with Crippen molar-refractivity contribution in [2.45, 2.75) is 9.79 Å². The first-order valence-corrected chi connectivity index (χ1v) is 6.64. The Bertz CT molecular complexity index is 537. The molecule has 2 rings (SSSR count). The number of amidine groups is 1. The monoisotopic (exact) mass is 306 g/mol. The van der Waals surface area contributed by atoms with E-state index in [9.17, 15) is 0 Å². The van der Waals surface area contributed by atoms with Crippen molar-refractivity contribution in [3.63, 3.8) is 0 Å². The van der Waals surface area contributed by atoms with Gasteiger partial charge in [0.25, 0.3) is 0 Å². The Balaban J connectivity index is 2.16. The molecule has 17 heavy (non-hydrogen) atoms. The number of rotatable bonds is 3. The van der Waals surface area contributed by atoms with Crippen LogP contribution in [-0.2, 0) is 0 Å². The fraction of sp³-hybridized carbons (Fsp3) is 0. The molecule has 0 heterocycles. The summed E-state index contributed by atoms with van der Waals surface area (Å²) in [5, 5.41) is 7.32. The summed E-state index contributed by atoms with van der Waals surface area (Å²) in [7, 11) is 0. The zero-order chi connectivity index (χ0) is 12.3. The number of hydrogen-bond acceptors (Lipinski definition) is 2. The Labute approximate surface area is 113 Å². The van der Waals surface area contributed by atoms with Gasteiger partial charge >= 0.3 is 0 Å². The Hall–Kier alpha value is -1.26. The van der Waals surface area contributed by atoms with E-state index in [4.69, 9.17) is 11.1 Å². The highest BCUT2D eigenvalue weighted by Crippen LogP contribution is 2.29. The van der Waals surface area contributed by atoms with Gasteiger partial charge in [0.15, 0.2) is 0 Å². The van der Waals surface area contributed by atoms with Crippen LogP contribution in [0.3, 0.4) is 0 Å². The molecule has 2 aromatic carbocycles. The molecule has 0 bridgehead atoms. The molecule has 0 unspecified atom stereocenters. The fourth-order valence-corrected chi connectivity index (χ4v) is 2.80. The number of nitrogens with one attached hydrogen (secondary N) is 1. The van der Waals surface area contributed by atoms with Gasteiger partial charge < -0.3 is 5.73 Å². The number of nitrogens with two attached hydrogens (primary N) is 1. The second-order valence-electron chi connectivity index (χ2n) is 3.50. The van der Waals surface area contributed by atoms with Gasteiger partial charge in [-0.15, -0.1) is 0 Å². The third kappa shape index (κ3) is 3.35. The molecular formula is C13H11BrN2S. The SMILES string of the molecule is N=C(N)c1ccc(Sc2cccc(Br)c2)cc1. The molecule has 2 nitrogen and oxygen atoms in total. The maximum Gasteiger partial charge on any atom is 0.122 e. The maximum atomic E-state index is 7.32. The van der Waals surface area contributed by atoms with Crippen molar-refractivity contribution in [1.82, 2.24) is 0 Å². The summed E-state index contributed by atoms with van der Waals surface area (Å²) >= 11 is 5.13. The molecule has 0 aliphatic heterocycles. The highest BCUT2D eigenvalue weighted by atomic mass is 79.9. The molecule has 0 amide bonds. The van der Waals surface area contributed by atoms with Gasteiger partial charge in [-0.3, -0.25) is 5.41 Å². The van der Waals surface area contributed by atoms with Crippen LogP contribution in [0.2, 0.25) is 0 Å². The average Bonchev–Trinajstić information content (AvgIpc) is 2.29. The van der Waals surface area contributed by atoms with E-state index in [-0.39, 0.29) is 5.84 Å². The van der Waals surface area contributed by atoms with Crippen molar-refractivity contribution in [3.05, 3.63) is 58.6 Å². The van der Waals surface area contributed by atoms with Crippen LogP contribution in [-0.4, -0.2) is 5.84 Å². The fourth-order valence-electron chi connectivity index (χ4n) is 1.37. The molecule has 86 valence electrons. The van der Waals surface area contributed by atoms with Gasteiger partial charge in [0.2, 0.25) is 0 Å². The number of halogens is 1. The molecule has 2 aromatic rings. The van der Waals surface area contributed by atoms with Gasteiger partial charge in [-0.1, -0.05) is 45.9 Å². The zero-order valence-corrected chi connectivity index (χ0v) is 11.4. The number of nitrogen functional groups attached to an aromatic ring is 1. The molecule has 0 aromatic heterocycles. The Kier molecular flexibility index (Phi) is 3.86. The van der Waals surface area contributed by atoms with E-state index < -0.39 is 0 Å². The second-order valence-corrected chi connectivity index (χ2v) is 5.56. The van der Waals surface area contributed by atoms with E-state index in [2.05, 4.69) is 28.1 Å². The van der Waals surface area contributed by atoms with Crippen LogP contribution < -0.4 is 5.73 Å². The lowest BCUT2D eigenvalue weighted by Gasteiger charge is -2.03. The van der Waals surface area contributed by atoms with E-state index in [1.54, 1.807) is 11.8 Å². The van der Waals surface area contributed by atoms with Gasteiger partial charge in [0, 0.05) is 19.8 Å². The lowest BCUT2D eigenvalue weighted by atomic mass is 10.2. The quantitative estimate of drug-likeness (QED) is 0.668. The van der Waals surface area contributed by atoms with Gasteiger partial charge in [-0.2, -0.15) is 0 Å². The van der Waals surface area contributed by atoms with Crippen molar-refractivity contribution < 1.29 is 0 Å². The number of hydrogen-bond donors (Lipinski definition) is 2. The van der Waals surface area contributed by atoms with E-state index >= 15 is 0 Å². The topological polar surface area (TPSA) is 49.9 Å². The maximum absolute atomic E-state index is 7.32. The summed E-state index contributed by atoms with van der Waals surface area (Å²) < 4.78 is 1.07. The van der Waals surface area contributed by atoms with Gasteiger partial charge in [0.1, 0.15) is 5.84 Å². The van der Waals surface area contributed by atoms with Crippen LogP contribution in [0.25, 0.3) is 0 Å². The molecule has 0 aliphatic rings. The van der Waals surface area contributed by atoms with Gasteiger partial charge in [0.05, 0.1) is 0 Å². The van der Waals surface area contributed by atoms with Crippen molar-refractivity contribution >= 4 is 33.5 Å². The molecule has 4 heteroatoms. The normalized spacial score (nSPS) is 10.2. The minimum Gasteiger partial charge on any atom is -0.384 e. The summed E-state index contributed by atoms with van der Waals surface area (Å²) in [5.41, 5.74) is 6.16. The number of benzene rings is 2. The summed E-state index contributed by atoms with van der Waals surface area (Å²) in [6, 6.07) is 15.8. The smallest absolute Gasteiger partial charge is 0.122 e. The molecule has 0 atom stereocenters. The highest BCUT2D eigenvalue weighted by Gasteiger charge is 2.00. The predicted octanol–water partition coefficient (Wildman–Crippen LogP) is 3.88. The third-order valence-corrected chi connectivity index (χ3v) is 3.69. The second kappa shape index (κ2) is 5.38. The zero-order valence-electron chi connectivity index (χ0n) is 8.98. The largest absolute Gasteiger partial charge is 0.384 e. The van der Waals surface area contributed by atoms with Crippen LogP contribution in [0.15, 0.2) is 62.8 Å².